The van der Waals surface area contributed by atoms with Gasteiger partial charge >= 0.3 is 11.9 Å². The molecule has 41 heavy (non-hydrogen) atoms. The molecule has 0 unspecified atom stereocenters. The van der Waals surface area contributed by atoms with Gasteiger partial charge in [0.15, 0.2) is 5.78 Å². The van der Waals surface area contributed by atoms with Crippen LogP contribution in [0.15, 0.2) is 42.6 Å². The summed E-state index contributed by atoms with van der Waals surface area (Å²) >= 11 is 5.43. The van der Waals surface area contributed by atoms with Crippen LogP contribution in [-0.4, -0.2) is 50.6 Å². The fraction of sp³-hybridized carbons (Fsp3) is 0.233. The molecule has 0 saturated carbocycles. The molecule has 1 aromatic heterocycles. The van der Waals surface area contributed by atoms with Crippen LogP contribution in [0.5, 0.6) is 0 Å². The molecule has 0 saturated heterocycles. The van der Waals surface area contributed by atoms with E-state index in [1.165, 1.54) is 0 Å². The number of ketones is 1. The molecule has 5 rings (SSSR count). The van der Waals surface area contributed by atoms with Gasteiger partial charge in [-0.3, -0.25) is 24.0 Å². The number of aryl methyl sites for hydroxylation is 2. The molecule has 0 fully saturated rings. The largest absolute Gasteiger partial charge is 0.481 e. The Morgan fingerprint density at radius 1 is 0.951 bits per heavy atom. The fourth-order valence-corrected chi connectivity index (χ4v) is 4.77. The summed E-state index contributed by atoms with van der Waals surface area (Å²) in [6.45, 7) is 1.89. The number of rotatable bonds is 9. The second-order valence-corrected chi connectivity index (χ2v) is 9.95. The molecular weight excluding hydrogens is 550 g/mol. The lowest BCUT2D eigenvalue weighted by atomic mass is 10.00. The molecule has 212 valence electrons. The number of fused-ring (bicyclic) bond motifs is 2. The molecule has 0 radical (unpaired) electrons. The number of nitrogens with one attached hydrogen (secondary N) is 3. The maximum absolute atomic E-state index is 12.4. The topological polar surface area (TPSA) is 166 Å². The van der Waals surface area contributed by atoms with Crippen molar-refractivity contribution in [2.24, 2.45) is 0 Å². The smallest absolute Gasteiger partial charge is 0.303 e. The summed E-state index contributed by atoms with van der Waals surface area (Å²) in [4.78, 5) is 59.3. The maximum Gasteiger partial charge on any atom is 0.303 e. The van der Waals surface area contributed by atoms with Crippen LogP contribution in [0, 0.1) is 6.92 Å². The number of carbonyl (C=O) groups excluding carboxylic acids is 3. The second kappa shape index (κ2) is 12.6. The Labute approximate surface area is 240 Å². The molecule has 2 aromatic carbocycles. The molecule has 0 atom stereocenters. The quantitative estimate of drug-likeness (QED) is 0.142. The Hall–Kier alpha value is -4.70. The number of carboxylic acid groups (broad SMARTS) is 2. The summed E-state index contributed by atoms with van der Waals surface area (Å²) in [7, 11) is 0. The molecule has 2 aliphatic rings. The monoisotopic (exact) mass is 577 g/mol. The van der Waals surface area contributed by atoms with Gasteiger partial charge in [0.1, 0.15) is 0 Å². The molecule has 3 heterocycles. The Morgan fingerprint density at radius 3 is 2.37 bits per heavy atom. The van der Waals surface area contributed by atoms with Gasteiger partial charge in [-0.2, -0.15) is 0 Å². The van der Waals surface area contributed by atoms with E-state index in [1.54, 1.807) is 36.5 Å². The molecule has 5 N–H and O–H groups in total. The summed E-state index contributed by atoms with van der Waals surface area (Å²) in [5.74, 6) is -2.12. The van der Waals surface area contributed by atoms with Gasteiger partial charge in [-0.1, -0.05) is 6.07 Å². The third-order valence-electron chi connectivity index (χ3n) is 6.85. The first-order chi connectivity index (χ1) is 19.5. The highest BCUT2D eigenvalue weighted by Gasteiger charge is 2.25. The van der Waals surface area contributed by atoms with Gasteiger partial charge in [-0.05, 0) is 78.4 Å². The lowest BCUT2D eigenvalue weighted by molar-refractivity contribution is -0.138. The number of hydrogen-bond donors (Lipinski definition) is 5. The van der Waals surface area contributed by atoms with Crippen molar-refractivity contribution >= 4 is 64.2 Å². The normalized spacial score (nSPS) is 14.0. The number of halogens is 1. The van der Waals surface area contributed by atoms with Crippen LogP contribution in [0.4, 0.5) is 11.4 Å². The summed E-state index contributed by atoms with van der Waals surface area (Å²) in [5.41, 5.74) is 7.57. The highest BCUT2D eigenvalue weighted by atomic mass is 35.5. The maximum atomic E-state index is 12.4. The lowest BCUT2D eigenvalue weighted by Gasteiger charge is -2.04. The minimum Gasteiger partial charge on any atom is -0.481 e. The van der Waals surface area contributed by atoms with E-state index in [1.807, 2.05) is 19.1 Å². The van der Waals surface area contributed by atoms with Crippen LogP contribution in [0.3, 0.4) is 0 Å². The van der Waals surface area contributed by atoms with Crippen molar-refractivity contribution in [3.63, 3.8) is 0 Å². The third kappa shape index (κ3) is 7.09. The Bertz CT molecular complexity index is 1590. The number of carboxylic acids is 2. The van der Waals surface area contributed by atoms with Crippen molar-refractivity contribution in [1.82, 2.24) is 4.98 Å². The van der Waals surface area contributed by atoms with E-state index in [2.05, 4.69) is 15.6 Å². The van der Waals surface area contributed by atoms with E-state index >= 15 is 0 Å². The van der Waals surface area contributed by atoms with Crippen molar-refractivity contribution in [3.8, 4) is 0 Å². The van der Waals surface area contributed by atoms with Crippen LogP contribution in [0.25, 0.3) is 11.6 Å². The summed E-state index contributed by atoms with van der Waals surface area (Å²) in [6, 6.07) is 10.6. The molecule has 2 amide bonds. The minimum atomic E-state index is -0.864. The number of anilines is 2. The van der Waals surface area contributed by atoms with Crippen LogP contribution in [0.2, 0.25) is 0 Å². The zero-order valence-corrected chi connectivity index (χ0v) is 22.9. The van der Waals surface area contributed by atoms with Crippen LogP contribution >= 0.6 is 11.6 Å². The number of carbonyl (C=O) groups is 5. The van der Waals surface area contributed by atoms with E-state index in [0.717, 1.165) is 39.2 Å². The Morgan fingerprint density at radius 2 is 1.66 bits per heavy atom. The predicted molar refractivity (Wildman–Crippen MR) is 154 cm³/mol. The molecule has 11 heteroatoms. The standard InChI is InChI=1S/C20H20N2O5.C10H8ClNO2/c1-11-13(4-7-19(25)26)10-21-17(11)9-15-14-8-12(3-6-18(23)24)2-5-16(14)22-20(15)27;11-5-9(13)6-1-2-8-7(3-6)4-10(14)12-8/h2,5,8-10,21H,3-4,6-7H2,1H3,(H,22,27)(H,23,24)(H,25,26);1-3H,4-5H2,(H,12,14). The average molecular weight is 578 g/mol. The number of H-pyrrole nitrogens is 1. The fourth-order valence-electron chi connectivity index (χ4n) is 4.62. The lowest BCUT2D eigenvalue weighted by Crippen LogP contribution is -2.03. The molecule has 0 bridgehead atoms. The zero-order valence-electron chi connectivity index (χ0n) is 22.2. The van der Waals surface area contributed by atoms with Gasteiger partial charge < -0.3 is 25.8 Å². The van der Waals surface area contributed by atoms with Crippen molar-refractivity contribution in [3.05, 3.63) is 81.7 Å². The molecule has 10 nitrogen and oxygen atoms in total. The van der Waals surface area contributed by atoms with Gasteiger partial charge in [-0.15, -0.1) is 11.6 Å². The minimum absolute atomic E-state index is 0.0276. The van der Waals surface area contributed by atoms with Crippen LogP contribution in [-0.2, 0) is 38.4 Å². The first kappa shape index (κ1) is 29.3. The molecule has 3 aromatic rings. The number of hydrogen-bond acceptors (Lipinski definition) is 5. The van der Waals surface area contributed by atoms with E-state index < -0.39 is 11.9 Å². The van der Waals surface area contributed by atoms with E-state index in [9.17, 15) is 24.0 Å². The highest BCUT2D eigenvalue weighted by molar-refractivity contribution is 6.35. The number of amides is 2. The van der Waals surface area contributed by atoms with Crippen LogP contribution < -0.4 is 10.6 Å². The zero-order chi connectivity index (χ0) is 29.7. The Kier molecular flexibility index (Phi) is 9.04. The molecule has 0 aliphatic carbocycles. The van der Waals surface area contributed by atoms with Gasteiger partial charge in [0, 0.05) is 47.2 Å². The van der Waals surface area contributed by atoms with Crippen molar-refractivity contribution in [2.75, 3.05) is 16.5 Å². The highest BCUT2D eigenvalue weighted by Crippen LogP contribution is 2.34. The average Bonchev–Trinajstić information content (AvgIpc) is 3.59. The van der Waals surface area contributed by atoms with Crippen LogP contribution in [0.1, 0.15) is 56.7 Å². The number of alkyl halides is 1. The number of aromatic nitrogens is 1. The summed E-state index contributed by atoms with van der Waals surface area (Å²) in [5, 5.41) is 23.2. The van der Waals surface area contributed by atoms with E-state index in [-0.39, 0.29) is 36.3 Å². The van der Waals surface area contributed by atoms with Gasteiger partial charge in [0.05, 0.1) is 17.9 Å². The van der Waals surface area contributed by atoms with Crippen molar-refractivity contribution in [2.45, 2.75) is 39.0 Å². The number of aromatic amines is 1. The molecule has 2 aliphatic heterocycles. The van der Waals surface area contributed by atoms with E-state index in [0.29, 0.717) is 36.1 Å². The first-order valence-corrected chi connectivity index (χ1v) is 13.4. The summed E-state index contributed by atoms with van der Waals surface area (Å²) in [6.07, 6.45) is 4.75. The van der Waals surface area contributed by atoms with Gasteiger partial charge in [-0.25, -0.2) is 0 Å². The Balaban J connectivity index is 0.000000231. The summed E-state index contributed by atoms with van der Waals surface area (Å²) < 4.78 is 0. The second-order valence-electron chi connectivity index (χ2n) is 9.69. The third-order valence-corrected chi connectivity index (χ3v) is 7.10. The van der Waals surface area contributed by atoms with Gasteiger partial charge in [0.2, 0.25) is 5.91 Å². The number of benzene rings is 2. The number of aliphatic carboxylic acids is 2. The van der Waals surface area contributed by atoms with Gasteiger partial charge in [0.25, 0.3) is 5.91 Å². The molecule has 0 spiro atoms. The first-order valence-electron chi connectivity index (χ1n) is 12.8. The predicted octanol–water partition coefficient (Wildman–Crippen LogP) is 4.45. The van der Waals surface area contributed by atoms with Crippen molar-refractivity contribution < 1.29 is 34.2 Å². The SMILES string of the molecule is Cc1c(CCC(=O)O)c[nH]c1C=C1C(=O)Nc2ccc(CCC(=O)O)cc21.O=C1Cc2cc(C(=O)CCl)ccc2N1. The van der Waals surface area contributed by atoms with E-state index in [4.69, 9.17) is 21.8 Å². The van der Waals surface area contributed by atoms with Crippen molar-refractivity contribution in [1.29, 1.82) is 0 Å². The number of Topliss-reactive ketones (excluding diaryl/α,β-unsaturated/α-hetero) is 1. The molecular formula is C30H28ClN3O7.